The molecule has 2 amide bonds. The molecule has 0 bridgehead atoms. The summed E-state index contributed by atoms with van der Waals surface area (Å²) in [5, 5.41) is 2.55. The van der Waals surface area contributed by atoms with E-state index in [1.165, 1.54) is 4.90 Å². The molecule has 128 valence electrons. The number of rotatable bonds is 7. The van der Waals surface area contributed by atoms with E-state index in [1.54, 1.807) is 38.4 Å². The number of anilines is 1. The summed E-state index contributed by atoms with van der Waals surface area (Å²) in [6.45, 7) is -1.67. The average Bonchev–Trinajstić information content (AvgIpc) is 2.44. The van der Waals surface area contributed by atoms with Crippen LogP contribution in [-0.4, -0.2) is 50.2 Å². The standard InChI is InChI=1S/C15H19F3N2O3/c1-20(2)14(22)9-11-3-5-12(6-4-11)19-13(21)7-8-23-10-15(16,17)18/h3-6H,7-10H2,1-2H3,(H,19,21). The van der Waals surface area contributed by atoms with Crippen molar-refractivity contribution in [2.75, 3.05) is 32.6 Å². The number of benzene rings is 1. The van der Waals surface area contributed by atoms with Gasteiger partial charge in [-0.25, -0.2) is 0 Å². The Morgan fingerprint density at radius 2 is 1.78 bits per heavy atom. The van der Waals surface area contributed by atoms with Gasteiger partial charge in [0.1, 0.15) is 6.61 Å². The van der Waals surface area contributed by atoms with Gasteiger partial charge in [-0.3, -0.25) is 9.59 Å². The molecule has 0 spiro atoms. The molecule has 0 saturated heterocycles. The van der Waals surface area contributed by atoms with Gasteiger partial charge in [0.05, 0.1) is 19.4 Å². The zero-order valence-corrected chi connectivity index (χ0v) is 12.9. The fourth-order valence-electron chi connectivity index (χ4n) is 1.61. The van der Waals surface area contributed by atoms with Crippen molar-refractivity contribution in [3.63, 3.8) is 0 Å². The Kier molecular flexibility index (Phi) is 7.02. The smallest absolute Gasteiger partial charge is 0.372 e. The minimum atomic E-state index is -4.39. The van der Waals surface area contributed by atoms with Gasteiger partial charge in [0, 0.05) is 19.8 Å². The highest BCUT2D eigenvalue weighted by Crippen LogP contribution is 2.14. The molecule has 1 rings (SSSR count). The molecule has 1 aromatic rings. The summed E-state index contributed by atoms with van der Waals surface area (Å²) in [4.78, 5) is 24.6. The van der Waals surface area contributed by atoms with Gasteiger partial charge >= 0.3 is 6.18 Å². The minimum Gasteiger partial charge on any atom is -0.372 e. The molecule has 1 N–H and O–H groups in total. The Bertz CT molecular complexity index is 528. The third kappa shape index (κ3) is 8.20. The number of halogens is 3. The highest BCUT2D eigenvalue weighted by molar-refractivity contribution is 5.90. The summed E-state index contributed by atoms with van der Waals surface area (Å²) in [5.74, 6) is -0.479. The zero-order valence-electron chi connectivity index (χ0n) is 12.9. The summed E-state index contributed by atoms with van der Waals surface area (Å²) >= 11 is 0. The molecular weight excluding hydrogens is 313 g/mol. The van der Waals surface area contributed by atoms with Crippen LogP contribution in [0.3, 0.4) is 0 Å². The quantitative estimate of drug-likeness (QED) is 0.779. The lowest BCUT2D eigenvalue weighted by Gasteiger charge is -2.11. The number of hydrogen-bond donors (Lipinski definition) is 1. The molecule has 0 unspecified atom stereocenters. The van der Waals surface area contributed by atoms with Crippen molar-refractivity contribution in [2.45, 2.75) is 19.0 Å². The van der Waals surface area contributed by atoms with E-state index in [1.807, 2.05) is 0 Å². The normalized spacial score (nSPS) is 11.2. The predicted molar refractivity (Wildman–Crippen MR) is 79.0 cm³/mol. The van der Waals surface area contributed by atoms with Crippen LogP contribution in [0.25, 0.3) is 0 Å². The molecule has 0 fully saturated rings. The molecule has 0 saturated carbocycles. The largest absolute Gasteiger partial charge is 0.411 e. The van der Waals surface area contributed by atoms with E-state index in [0.717, 1.165) is 5.56 Å². The van der Waals surface area contributed by atoms with E-state index in [9.17, 15) is 22.8 Å². The van der Waals surface area contributed by atoms with Gasteiger partial charge < -0.3 is 15.0 Å². The van der Waals surface area contributed by atoms with E-state index in [-0.39, 0.29) is 25.4 Å². The van der Waals surface area contributed by atoms with Gasteiger partial charge in [-0.2, -0.15) is 13.2 Å². The summed E-state index contributed by atoms with van der Waals surface area (Å²) in [7, 11) is 3.33. The molecule has 0 aliphatic heterocycles. The third-order valence-corrected chi connectivity index (χ3v) is 2.83. The van der Waals surface area contributed by atoms with Crippen molar-refractivity contribution < 1.29 is 27.5 Å². The van der Waals surface area contributed by atoms with Crippen molar-refractivity contribution in [3.8, 4) is 0 Å². The van der Waals surface area contributed by atoms with Crippen molar-refractivity contribution in [3.05, 3.63) is 29.8 Å². The maximum Gasteiger partial charge on any atom is 0.411 e. The molecular formula is C15H19F3N2O3. The summed E-state index contributed by atoms with van der Waals surface area (Å²) in [6, 6.07) is 6.67. The molecule has 0 aliphatic rings. The number of likely N-dealkylation sites (N-methyl/N-ethyl adjacent to an activating group) is 1. The van der Waals surface area contributed by atoms with Crippen LogP contribution in [0.15, 0.2) is 24.3 Å². The first kappa shape index (κ1) is 19.0. The highest BCUT2D eigenvalue weighted by Gasteiger charge is 2.27. The number of carbonyl (C=O) groups is 2. The maximum absolute atomic E-state index is 11.9. The van der Waals surface area contributed by atoms with E-state index in [2.05, 4.69) is 10.1 Å². The number of hydrogen-bond acceptors (Lipinski definition) is 3. The van der Waals surface area contributed by atoms with E-state index in [4.69, 9.17) is 0 Å². The number of ether oxygens (including phenoxy) is 1. The second-order valence-electron chi connectivity index (χ2n) is 5.13. The lowest BCUT2D eigenvalue weighted by Crippen LogP contribution is -2.23. The van der Waals surface area contributed by atoms with Gasteiger partial charge in [-0.05, 0) is 17.7 Å². The molecule has 0 atom stereocenters. The van der Waals surface area contributed by atoms with Gasteiger partial charge in [0.2, 0.25) is 11.8 Å². The molecule has 0 aromatic heterocycles. The van der Waals surface area contributed by atoms with Gasteiger partial charge in [-0.1, -0.05) is 12.1 Å². The molecule has 0 heterocycles. The minimum absolute atomic E-state index is 0.0383. The van der Waals surface area contributed by atoms with Crippen molar-refractivity contribution in [1.29, 1.82) is 0 Å². The maximum atomic E-state index is 11.9. The molecule has 1 aromatic carbocycles. The number of carbonyl (C=O) groups excluding carboxylic acids is 2. The van der Waals surface area contributed by atoms with Crippen molar-refractivity contribution >= 4 is 17.5 Å². The predicted octanol–water partition coefficient (Wildman–Crippen LogP) is 2.22. The number of amides is 2. The Morgan fingerprint density at radius 3 is 2.30 bits per heavy atom. The second-order valence-corrected chi connectivity index (χ2v) is 5.13. The van der Waals surface area contributed by atoms with Gasteiger partial charge in [-0.15, -0.1) is 0 Å². The molecule has 5 nitrogen and oxygen atoms in total. The van der Waals surface area contributed by atoms with E-state index in [0.29, 0.717) is 5.69 Å². The summed E-state index contributed by atoms with van der Waals surface area (Å²) in [6.07, 6.45) is -4.31. The van der Waals surface area contributed by atoms with Crippen molar-refractivity contribution in [2.24, 2.45) is 0 Å². The molecule has 0 radical (unpaired) electrons. The van der Waals surface area contributed by atoms with Crippen LogP contribution in [0, 0.1) is 0 Å². The first-order valence-corrected chi connectivity index (χ1v) is 6.91. The van der Waals surface area contributed by atoms with Gasteiger partial charge in [0.15, 0.2) is 0 Å². The molecule has 8 heteroatoms. The number of nitrogens with zero attached hydrogens (tertiary/aromatic N) is 1. The Labute approximate surface area is 132 Å². The van der Waals surface area contributed by atoms with Crippen LogP contribution >= 0.6 is 0 Å². The lowest BCUT2D eigenvalue weighted by atomic mass is 10.1. The van der Waals surface area contributed by atoms with E-state index < -0.39 is 18.7 Å². The third-order valence-electron chi connectivity index (χ3n) is 2.83. The Balaban J connectivity index is 2.37. The Morgan fingerprint density at radius 1 is 1.17 bits per heavy atom. The fourth-order valence-corrected chi connectivity index (χ4v) is 1.61. The van der Waals surface area contributed by atoms with Crippen LogP contribution in [0.2, 0.25) is 0 Å². The van der Waals surface area contributed by atoms with Crippen molar-refractivity contribution in [1.82, 2.24) is 4.90 Å². The van der Waals surface area contributed by atoms with Crippen LogP contribution in [-0.2, 0) is 20.7 Å². The molecule has 23 heavy (non-hydrogen) atoms. The van der Waals surface area contributed by atoms with Crippen LogP contribution in [0.1, 0.15) is 12.0 Å². The fraction of sp³-hybridized carbons (Fsp3) is 0.467. The summed E-state index contributed by atoms with van der Waals surface area (Å²) < 4.78 is 39.9. The number of alkyl halides is 3. The zero-order chi connectivity index (χ0) is 17.5. The van der Waals surface area contributed by atoms with Crippen LogP contribution < -0.4 is 5.32 Å². The lowest BCUT2D eigenvalue weighted by molar-refractivity contribution is -0.174. The second kappa shape index (κ2) is 8.52. The average molecular weight is 332 g/mol. The Hall–Kier alpha value is -2.09. The summed E-state index contributed by atoms with van der Waals surface area (Å²) in [5.41, 5.74) is 1.31. The molecule has 0 aliphatic carbocycles. The van der Waals surface area contributed by atoms with Gasteiger partial charge in [0.25, 0.3) is 0 Å². The van der Waals surface area contributed by atoms with Crippen LogP contribution in [0.5, 0.6) is 0 Å². The monoisotopic (exact) mass is 332 g/mol. The van der Waals surface area contributed by atoms with Crippen LogP contribution in [0.4, 0.5) is 18.9 Å². The first-order valence-electron chi connectivity index (χ1n) is 6.91. The van der Waals surface area contributed by atoms with E-state index >= 15 is 0 Å². The highest BCUT2D eigenvalue weighted by atomic mass is 19.4. The topological polar surface area (TPSA) is 58.6 Å². The first-order chi connectivity index (χ1) is 10.7. The SMILES string of the molecule is CN(C)C(=O)Cc1ccc(NC(=O)CCOCC(F)(F)F)cc1. The number of nitrogens with one attached hydrogen (secondary N) is 1.